The average molecular weight is 284 g/mol. The number of rotatable bonds is 2. The summed E-state index contributed by atoms with van der Waals surface area (Å²) in [6, 6.07) is 7.36. The van der Waals surface area contributed by atoms with Gasteiger partial charge in [0.15, 0.2) is 0 Å². The summed E-state index contributed by atoms with van der Waals surface area (Å²) in [6.45, 7) is 0. The standard InChI is InChI=1S/C12H14BrNO2/c13-9-4-3-5-10(8-9)14-11(15)12(16)6-1-2-7-12/h3-5,8,16H,1-2,6-7H2,(H,14,15). The fourth-order valence-corrected chi connectivity index (χ4v) is 2.40. The number of benzene rings is 1. The van der Waals surface area contributed by atoms with E-state index in [0.717, 1.165) is 17.3 Å². The third kappa shape index (κ3) is 2.44. The van der Waals surface area contributed by atoms with E-state index in [1.807, 2.05) is 18.2 Å². The number of hydrogen-bond acceptors (Lipinski definition) is 2. The largest absolute Gasteiger partial charge is 0.380 e. The van der Waals surface area contributed by atoms with Crippen molar-refractivity contribution in [2.24, 2.45) is 0 Å². The van der Waals surface area contributed by atoms with Crippen molar-refractivity contribution in [1.82, 2.24) is 0 Å². The predicted octanol–water partition coefficient (Wildman–Crippen LogP) is 2.69. The van der Waals surface area contributed by atoms with Gasteiger partial charge in [-0.25, -0.2) is 0 Å². The van der Waals surface area contributed by atoms with Gasteiger partial charge in [0.25, 0.3) is 5.91 Å². The number of amides is 1. The Bertz CT molecular complexity index is 400. The third-order valence-corrected chi connectivity index (χ3v) is 3.43. The number of carbonyl (C=O) groups is 1. The molecule has 1 aliphatic rings. The molecule has 1 fully saturated rings. The van der Waals surface area contributed by atoms with Crippen LogP contribution in [0.3, 0.4) is 0 Å². The molecular formula is C12H14BrNO2. The third-order valence-electron chi connectivity index (χ3n) is 2.94. The monoisotopic (exact) mass is 283 g/mol. The lowest BCUT2D eigenvalue weighted by molar-refractivity contribution is -0.133. The molecule has 16 heavy (non-hydrogen) atoms. The van der Waals surface area contributed by atoms with Gasteiger partial charge in [-0.15, -0.1) is 0 Å². The Morgan fingerprint density at radius 2 is 2.06 bits per heavy atom. The van der Waals surface area contributed by atoms with Gasteiger partial charge in [-0.3, -0.25) is 4.79 Å². The summed E-state index contributed by atoms with van der Waals surface area (Å²) in [7, 11) is 0. The maximum absolute atomic E-state index is 11.9. The van der Waals surface area contributed by atoms with Crippen LogP contribution in [0.25, 0.3) is 0 Å². The average Bonchev–Trinajstić information content (AvgIpc) is 2.66. The molecule has 3 nitrogen and oxygen atoms in total. The van der Waals surface area contributed by atoms with Crippen LogP contribution in [0.2, 0.25) is 0 Å². The predicted molar refractivity (Wildman–Crippen MR) is 66.2 cm³/mol. The van der Waals surface area contributed by atoms with Gasteiger partial charge < -0.3 is 10.4 Å². The normalized spacial score (nSPS) is 18.4. The molecule has 0 unspecified atom stereocenters. The zero-order valence-corrected chi connectivity index (χ0v) is 10.5. The van der Waals surface area contributed by atoms with E-state index in [2.05, 4.69) is 21.2 Å². The van der Waals surface area contributed by atoms with E-state index in [0.29, 0.717) is 18.5 Å². The Morgan fingerprint density at radius 1 is 1.38 bits per heavy atom. The van der Waals surface area contributed by atoms with E-state index in [-0.39, 0.29) is 5.91 Å². The molecule has 2 N–H and O–H groups in total. The summed E-state index contributed by atoms with van der Waals surface area (Å²) in [6.07, 6.45) is 2.96. The van der Waals surface area contributed by atoms with E-state index >= 15 is 0 Å². The first-order valence-electron chi connectivity index (χ1n) is 5.40. The molecule has 0 atom stereocenters. The zero-order valence-electron chi connectivity index (χ0n) is 8.87. The molecule has 0 heterocycles. The number of nitrogens with one attached hydrogen (secondary N) is 1. The molecule has 1 aromatic carbocycles. The summed E-state index contributed by atoms with van der Waals surface area (Å²) in [5.41, 5.74) is -0.456. The molecule has 1 aromatic rings. The van der Waals surface area contributed by atoms with Crippen LogP contribution in [0.15, 0.2) is 28.7 Å². The highest BCUT2D eigenvalue weighted by Gasteiger charge is 2.38. The molecule has 86 valence electrons. The van der Waals surface area contributed by atoms with Crippen molar-refractivity contribution in [2.75, 3.05) is 5.32 Å². The minimum absolute atomic E-state index is 0.289. The van der Waals surface area contributed by atoms with Crippen LogP contribution < -0.4 is 5.32 Å². The van der Waals surface area contributed by atoms with Gasteiger partial charge in [-0.1, -0.05) is 22.0 Å². The topological polar surface area (TPSA) is 49.3 Å². The molecule has 4 heteroatoms. The smallest absolute Gasteiger partial charge is 0.256 e. The van der Waals surface area contributed by atoms with Crippen LogP contribution >= 0.6 is 15.9 Å². The number of carbonyl (C=O) groups excluding carboxylic acids is 1. The maximum Gasteiger partial charge on any atom is 0.256 e. The Morgan fingerprint density at radius 3 is 2.69 bits per heavy atom. The molecule has 0 aliphatic heterocycles. The molecule has 0 bridgehead atoms. The van der Waals surface area contributed by atoms with E-state index in [4.69, 9.17) is 0 Å². The lowest BCUT2D eigenvalue weighted by atomic mass is 10.0. The molecule has 1 amide bonds. The van der Waals surface area contributed by atoms with Crippen molar-refractivity contribution in [3.8, 4) is 0 Å². The van der Waals surface area contributed by atoms with E-state index < -0.39 is 5.60 Å². The molecule has 2 rings (SSSR count). The van der Waals surface area contributed by atoms with E-state index in [1.165, 1.54) is 0 Å². The van der Waals surface area contributed by atoms with Crippen LogP contribution in [0, 0.1) is 0 Å². The molecule has 1 aliphatic carbocycles. The van der Waals surface area contributed by atoms with Gasteiger partial charge >= 0.3 is 0 Å². The fraction of sp³-hybridized carbons (Fsp3) is 0.417. The van der Waals surface area contributed by atoms with Gasteiger partial charge in [0.2, 0.25) is 0 Å². The van der Waals surface area contributed by atoms with Crippen molar-refractivity contribution >= 4 is 27.5 Å². The van der Waals surface area contributed by atoms with Crippen molar-refractivity contribution < 1.29 is 9.90 Å². The molecule has 0 aromatic heterocycles. The van der Waals surface area contributed by atoms with E-state index in [1.54, 1.807) is 6.07 Å². The van der Waals surface area contributed by atoms with Gasteiger partial charge in [-0.2, -0.15) is 0 Å². The van der Waals surface area contributed by atoms with Crippen molar-refractivity contribution in [3.63, 3.8) is 0 Å². The number of aliphatic hydroxyl groups is 1. The molecular weight excluding hydrogens is 270 g/mol. The number of hydrogen-bond donors (Lipinski definition) is 2. The molecule has 0 radical (unpaired) electrons. The first kappa shape index (κ1) is 11.6. The van der Waals surface area contributed by atoms with E-state index in [9.17, 15) is 9.90 Å². The lowest BCUT2D eigenvalue weighted by Gasteiger charge is -2.20. The molecule has 0 spiro atoms. The van der Waals surface area contributed by atoms with Crippen LogP contribution in [0.1, 0.15) is 25.7 Å². The number of halogens is 1. The first-order valence-corrected chi connectivity index (χ1v) is 6.19. The summed E-state index contributed by atoms with van der Waals surface area (Å²) < 4.78 is 0.906. The van der Waals surface area contributed by atoms with Gasteiger partial charge in [0.05, 0.1) is 0 Å². The second-order valence-electron chi connectivity index (χ2n) is 4.20. The second kappa shape index (κ2) is 4.55. The van der Waals surface area contributed by atoms with Gasteiger partial charge in [0, 0.05) is 10.2 Å². The van der Waals surface area contributed by atoms with Gasteiger partial charge in [0.1, 0.15) is 5.60 Å². The van der Waals surface area contributed by atoms with Crippen molar-refractivity contribution in [3.05, 3.63) is 28.7 Å². The Labute approximate surface area is 103 Å². The second-order valence-corrected chi connectivity index (χ2v) is 5.12. The fourth-order valence-electron chi connectivity index (χ4n) is 2.00. The highest BCUT2D eigenvalue weighted by atomic mass is 79.9. The quantitative estimate of drug-likeness (QED) is 0.877. The van der Waals surface area contributed by atoms with Crippen LogP contribution in [0.5, 0.6) is 0 Å². The highest BCUT2D eigenvalue weighted by Crippen LogP contribution is 2.30. The van der Waals surface area contributed by atoms with Crippen molar-refractivity contribution in [2.45, 2.75) is 31.3 Å². The Balaban J connectivity index is 2.07. The van der Waals surface area contributed by atoms with Gasteiger partial charge in [-0.05, 0) is 43.9 Å². The summed E-state index contributed by atoms with van der Waals surface area (Å²) in [5, 5.41) is 12.8. The highest BCUT2D eigenvalue weighted by molar-refractivity contribution is 9.10. The Kier molecular flexibility index (Phi) is 3.30. The summed E-state index contributed by atoms with van der Waals surface area (Å²) in [4.78, 5) is 11.9. The zero-order chi connectivity index (χ0) is 11.6. The summed E-state index contributed by atoms with van der Waals surface area (Å²) >= 11 is 3.34. The lowest BCUT2D eigenvalue weighted by Crippen LogP contribution is -2.40. The first-order chi connectivity index (χ1) is 7.60. The summed E-state index contributed by atoms with van der Waals surface area (Å²) in [5.74, 6) is -0.289. The Hall–Kier alpha value is -0.870. The minimum Gasteiger partial charge on any atom is -0.380 e. The SMILES string of the molecule is O=C(Nc1cccc(Br)c1)C1(O)CCCC1. The van der Waals surface area contributed by atoms with Crippen LogP contribution in [-0.4, -0.2) is 16.6 Å². The minimum atomic E-state index is -1.16. The molecule has 1 saturated carbocycles. The maximum atomic E-state index is 11.9. The van der Waals surface area contributed by atoms with Crippen molar-refractivity contribution in [1.29, 1.82) is 0 Å². The molecule has 0 saturated heterocycles. The van der Waals surface area contributed by atoms with Crippen LogP contribution in [0.4, 0.5) is 5.69 Å². The number of anilines is 1. The van der Waals surface area contributed by atoms with Crippen LogP contribution in [-0.2, 0) is 4.79 Å².